The summed E-state index contributed by atoms with van der Waals surface area (Å²) in [5, 5.41) is 11.4. The number of ketones is 1. The Balaban J connectivity index is 2.17. The zero-order valence-corrected chi connectivity index (χ0v) is 12.8. The third-order valence-electron chi connectivity index (χ3n) is 5.23. The maximum Gasteiger partial charge on any atom is 0.315 e. The highest BCUT2D eigenvalue weighted by molar-refractivity contribution is 5.88. The Bertz CT molecular complexity index is 638. The molecule has 0 heterocycles. The van der Waals surface area contributed by atoms with Crippen LogP contribution in [0.2, 0.25) is 0 Å². The van der Waals surface area contributed by atoms with E-state index < -0.39 is 17.0 Å². The van der Waals surface area contributed by atoms with E-state index in [-0.39, 0.29) is 12.2 Å². The Kier molecular flexibility index (Phi) is 3.48. The van der Waals surface area contributed by atoms with Crippen molar-refractivity contribution in [1.29, 1.82) is 0 Å². The number of Topliss-reactive ketones (excluding diaryl/α,β-unsaturated/α-hetero) is 1. The van der Waals surface area contributed by atoms with Gasteiger partial charge in [-0.15, -0.1) is 0 Å². The minimum atomic E-state index is -1.49. The fourth-order valence-corrected chi connectivity index (χ4v) is 4.01. The van der Waals surface area contributed by atoms with Gasteiger partial charge >= 0.3 is 5.97 Å². The number of carbonyl (C=O) groups excluding carboxylic acids is 2. The van der Waals surface area contributed by atoms with Gasteiger partial charge in [0, 0.05) is 12.8 Å². The molecule has 2 atom stereocenters. The topological polar surface area (TPSA) is 72.8 Å². The van der Waals surface area contributed by atoms with Gasteiger partial charge in [0.15, 0.2) is 0 Å². The number of ether oxygens (including phenoxy) is 2. The molecular weight excluding hydrogens is 284 g/mol. The standard InChI is InChI=1S/C17H20O5/c1-21-13-3-4-14-11(9-13)5-7-16(15(19)22-2)8-6-12(18)10-17(14,16)20/h3-4,9,20H,5-8,10H2,1-2H3. The molecule has 1 N–H and O–H groups in total. The van der Waals surface area contributed by atoms with Crippen molar-refractivity contribution in [2.45, 2.75) is 37.7 Å². The Morgan fingerprint density at radius 3 is 2.64 bits per heavy atom. The van der Waals surface area contributed by atoms with Crippen molar-refractivity contribution >= 4 is 11.8 Å². The number of carbonyl (C=O) groups is 2. The monoisotopic (exact) mass is 304 g/mol. The van der Waals surface area contributed by atoms with Crippen LogP contribution in [-0.4, -0.2) is 31.1 Å². The third kappa shape index (κ3) is 1.88. The summed E-state index contributed by atoms with van der Waals surface area (Å²) in [4.78, 5) is 24.4. The minimum Gasteiger partial charge on any atom is -0.497 e. The van der Waals surface area contributed by atoms with Crippen LogP contribution in [0.25, 0.3) is 0 Å². The lowest BCUT2D eigenvalue weighted by Gasteiger charge is -2.51. The van der Waals surface area contributed by atoms with Crippen molar-refractivity contribution in [3.05, 3.63) is 29.3 Å². The van der Waals surface area contributed by atoms with Crippen LogP contribution in [0.5, 0.6) is 5.75 Å². The summed E-state index contributed by atoms with van der Waals surface area (Å²) in [7, 11) is 2.92. The summed E-state index contributed by atoms with van der Waals surface area (Å²) in [5.74, 6) is 0.254. The van der Waals surface area contributed by atoms with Gasteiger partial charge < -0.3 is 14.6 Å². The van der Waals surface area contributed by atoms with Crippen molar-refractivity contribution in [2.24, 2.45) is 5.41 Å². The van der Waals surface area contributed by atoms with Gasteiger partial charge in [-0.25, -0.2) is 0 Å². The lowest BCUT2D eigenvalue weighted by atomic mass is 9.54. The molecule has 2 aliphatic rings. The molecule has 0 aliphatic heterocycles. The van der Waals surface area contributed by atoms with Crippen LogP contribution in [-0.2, 0) is 26.3 Å². The molecule has 3 rings (SSSR count). The van der Waals surface area contributed by atoms with Gasteiger partial charge in [-0.3, -0.25) is 9.59 Å². The predicted octanol–water partition coefficient (Wildman–Crippen LogP) is 1.74. The number of methoxy groups -OCH3 is 2. The molecule has 0 saturated heterocycles. The van der Waals surface area contributed by atoms with Crippen LogP contribution >= 0.6 is 0 Å². The van der Waals surface area contributed by atoms with Crippen LogP contribution in [0.4, 0.5) is 0 Å². The zero-order valence-electron chi connectivity index (χ0n) is 12.8. The fraction of sp³-hybridized carbons (Fsp3) is 0.529. The van der Waals surface area contributed by atoms with Crippen LogP contribution in [0.1, 0.15) is 36.8 Å². The molecule has 0 aromatic heterocycles. The molecule has 1 saturated carbocycles. The van der Waals surface area contributed by atoms with E-state index in [0.29, 0.717) is 37.0 Å². The number of esters is 1. The summed E-state index contributed by atoms with van der Waals surface area (Å²) in [6.45, 7) is 0. The fourth-order valence-electron chi connectivity index (χ4n) is 4.01. The van der Waals surface area contributed by atoms with Crippen molar-refractivity contribution in [1.82, 2.24) is 0 Å². The maximum atomic E-state index is 12.4. The molecule has 22 heavy (non-hydrogen) atoms. The van der Waals surface area contributed by atoms with Gasteiger partial charge in [0.1, 0.15) is 22.5 Å². The van der Waals surface area contributed by atoms with Crippen LogP contribution in [0.3, 0.4) is 0 Å². The number of rotatable bonds is 2. The Hall–Kier alpha value is -1.88. The van der Waals surface area contributed by atoms with Gasteiger partial charge in [-0.05, 0) is 42.5 Å². The molecule has 1 aromatic rings. The molecule has 1 fully saturated rings. The molecule has 5 heteroatoms. The van der Waals surface area contributed by atoms with Gasteiger partial charge in [0.25, 0.3) is 0 Å². The van der Waals surface area contributed by atoms with Crippen molar-refractivity contribution in [2.75, 3.05) is 14.2 Å². The van der Waals surface area contributed by atoms with E-state index in [4.69, 9.17) is 9.47 Å². The first kappa shape index (κ1) is 15.0. The summed E-state index contributed by atoms with van der Waals surface area (Å²) in [6.07, 6.45) is 1.73. The summed E-state index contributed by atoms with van der Waals surface area (Å²) in [5.41, 5.74) is -0.943. The van der Waals surface area contributed by atoms with E-state index in [9.17, 15) is 14.7 Å². The van der Waals surface area contributed by atoms with Crippen molar-refractivity contribution in [3.63, 3.8) is 0 Å². The van der Waals surface area contributed by atoms with E-state index in [1.807, 2.05) is 6.07 Å². The first-order valence-electron chi connectivity index (χ1n) is 7.47. The van der Waals surface area contributed by atoms with Crippen LogP contribution in [0.15, 0.2) is 18.2 Å². The number of fused-ring (bicyclic) bond motifs is 3. The first-order valence-corrected chi connectivity index (χ1v) is 7.47. The molecule has 0 spiro atoms. The van der Waals surface area contributed by atoms with E-state index in [1.54, 1.807) is 19.2 Å². The zero-order chi connectivity index (χ0) is 16.0. The van der Waals surface area contributed by atoms with Gasteiger partial charge in [0.05, 0.1) is 14.2 Å². The highest BCUT2D eigenvalue weighted by Crippen LogP contribution is 2.56. The first-order chi connectivity index (χ1) is 10.5. The number of aliphatic hydroxyl groups is 1. The average molecular weight is 304 g/mol. The Labute approximate surface area is 129 Å². The quantitative estimate of drug-likeness (QED) is 0.843. The second kappa shape index (κ2) is 5.09. The Morgan fingerprint density at radius 1 is 1.23 bits per heavy atom. The van der Waals surface area contributed by atoms with Crippen LogP contribution < -0.4 is 4.74 Å². The second-order valence-corrected chi connectivity index (χ2v) is 6.17. The molecular formula is C17H20O5. The molecule has 1 aromatic carbocycles. The number of hydrogen-bond acceptors (Lipinski definition) is 5. The molecule has 0 bridgehead atoms. The lowest BCUT2D eigenvalue weighted by molar-refractivity contribution is -0.188. The Morgan fingerprint density at radius 2 is 1.95 bits per heavy atom. The third-order valence-corrected chi connectivity index (χ3v) is 5.23. The molecule has 5 nitrogen and oxygen atoms in total. The van der Waals surface area contributed by atoms with E-state index in [2.05, 4.69) is 0 Å². The number of hydrogen-bond donors (Lipinski definition) is 1. The summed E-state index contributed by atoms with van der Waals surface area (Å²) in [6, 6.07) is 5.39. The lowest BCUT2D eigenvalue weighted by Crippen LogP contribution is -2.57. The normalized spacial score (nSPS) is 30.2. The van der Waals surface area contributed by atoms with Crippen molar-refractivity contribution < 1.29 is 24.2 Å². The van der Waals surface area contributed by atoms with E-state index in [1.165, 1.54) is 7.11 Å². The highest BCUT2D eigenvalue weighted by Gasteiger charge is 2.62. The minimum absolute atomic E-state index is 0.0225. The molecule has 0 radical (unpaired) electrons. The molecule has 118 valence electrons. The second-order valence-electron chi connectivity index (χ2n) is 6.17. The maximum absolute atomic E-state index is 12.4. The SMILES string of the molecule is COC(=O)C12CCC(=O)CC1(O)c1ccc(OC)cc1CC2. The van der Waals surface area contributed by atoms with Gasteiger partial charge in [0.2, 0.25) is 0 Å². The molecule has 2 unspecified atom stereocenters. The highest BCUT2D eigenvalue weighted by atomic mass is 16.5. The average Bonchev–Trinajstić information content (AvgIpc) is 2.53. The molecule has 0 amide bonds. The van der Waals surface area contributed by atoms with Gasteiger partial charge in [-0.1, -0.05) is 6.07 Å². The predicted molar refractivity (Wildman–Crippen MR) is 78.5 cm³/mol. The summed E-state index contributed by atoms with van der Waals surface area (Å²) < 4.78 is 10.2. The number of benzene rings is 1. The molecule has 2 aliphatic carbocycles. The van der Waals surface area contributed by atoms with Crippen molar-refractivity contribution in [3.8, 4) is 5.75 Å². The number of aryl methyl sites for hydroxylation is 1. The van der Waals surface area contributed by atoms with E-state index >= 15 is 0 Å². The summed E-state index contributed by atoms with van der Waals surface area (Å²) >= 11 is 0. The van der Waals surface area contributed by atoms with Gasteiger partial charge in [-0.2, -0.15) is 0 Å². The smallest absolute Gasteiger partial charge is 0.315 e. The van der Waals surface area contributed by atoms with Crippen LogP contribution in [0, 0.1) is 5.41 Å². The largest absolute Gasteiger partial charge is 0.497 e. The van der Waals surface area contributed by atoms with E-state index in [0.717, 1.165) is 5.56 Å².